The summed E-state index contributed by atoms with van der Waals surface area (Å²) in [5.41, 5.74) is 5.74. The van der Waals surface area contributed by atoms with E-state index in [2.05, 4.69) is 10.6 Å². The van der Waals surface area contributed by atoms with Crippen LogP contribution in [-0.4, -0.2) is 41.3 Å². The van der Waals surface area contributed by atoms with Crippen molar-refractivity contribution in [1.82, 2.24) is 5.32 Å². The lowest BCUT2D eigenvalue weighted by molar-refractivity contribution is -0.139. The Morgan fingerprint density at radius 3 is 2.25 bits per heavy atom. The third kappa shape index (κ3) is 7.10. The minimum Gasteiger partial charge on any atom is -0.480 e. The van der Waals surface area contributed by atoms with E-state index in [1.165, 1.54) is 0 Å². The molecule has 5 N–H and O–H groups in total. The number of hydrogen-bond donors (Lipinski definition) is 4. The molecule has 0 aliphatic rings. The fourth-order valence-electron chi connectivity index (χ4n) is 1.82. The molecule has 0 aromatic heterocycles. The lowest BCUT2D eigenvalue weighted by Gasteiger charge is -2.22. The minimum absolute atomic E-state index is 0.0830. The second-order valence-electron chi connectivity index (χ2n) is 6.19. The molecule has 0 heterocycles. The minimum atomic E-state index is -1.17. The Morgan fingerprint density at radius 1 is 1.21 bits per heavy atom. The molecule has 0 aliphatic carbocycles. The third-order valence-corrected chi connectivity index (χ3v) is 2.85. The van der Waals surface area contributed by atoms with Gasteiger partial charge in [0.15, 0.2) is 0 Å². The number of carbonyl (C=O) groups excluding carboxylic acids is 2. The fourth-order valence-corrected chi connectivity index (χ4v) is 1.82. The molecule has 24 heavy (non-hydrogen) atoms. The largest absolute Gasteiger partial charge is 0.480 e. The maximum Gasteiger partial charge on any atom is 0.408 e. The number of benzene rings is 1. The molecule has 0 spiro atoms. The van der Waals surface area contributed by atoms with Crippen LogP contribution in [-0.2, 0) is 20.7 Å². The van der Waals surface area contributed by atoms with Crippen LogP contribution in [0.4, 0.5) is 10.5 Å². The number of carboxylic acid groups (broad SMARTS) is 1. The van der Waals surface area contributed by atoms with Gasteiger partial charge < -0.3 is 26.2 Å². The second kappa shape index (κ2) is 8.30. The van der Waals surface area contributed by atoms with Gasteiger partial charge in [-0.2, -0.15) is 0 Å². The zero-order valence-corrected chi connectivity index (χ0v) is 14.0. The first-order valence-corrected chi connectivity index (χ1v) is 7.42. The first-order valence-electron chi connectivity index (χ1n) is 7.42. The number of ether oxygens (including phenoxy) is 1. The van der Waals surface area contributed by atoms with E-state index in [9.17, 15) is 19.5 Å². The van der Waals surface area contributed by atoms with Gasteiger partial charge in [0.25, 0.3) is 0 Å². The number of aliphatic carboxylic acids is 1. The summed E-state index contributed by atoms with van der Waals surface area (Å²) in [6.07, 6.45) is -0.707. The van der Waals surface area contributed by atoms with Crippen molar-refractivity contribution in [2.24, 2.45) is 5.73 Å². The number of carboxylic acids is 1. The molecule has 132 valence electrons. The van der Waals surface area contributed by atoms with Crippen molar-refractivity contribution in [3.63, 3.8) is 0 Å². The lowest BCUT2D eigenvalue weighted by atomic mass is 10.1. The number of carbonyl (C=O) groups is 3. The van der Waals surface area contributed by atoms with Crippen molar-refractivity contribution in [2.45, 2.75) is 38.8 Å². The number of hydrogen-bond acceptors (Lipinski definition) is 5. The van der Waals surface area contributed by atoms with Crippen LogP contribution in [0.5, 0.6) is 0 Å². The summed E-state index contributed by atoms with van der Waals surface area (Å²) in [5, 5.41) is 14.2. The Labute approximate surface area is 140 Å². The number of amides is 2. The molecule has 0 bridgehead atoms. The van der Waals surface area contributed by atoms with Gasteiger partial charge >= 0.3 is 12.1 Å². The summed E-state index contributed by atoms with van der Waals surface area (Å²) < 4.78 is 5.06. The molecule has 0 fully saturated rings. The Kier molecular flexibility index (Phi) is 6.72. The fraction of sp³-hybridized carbons (Fsp3) is 0.438. The molecule has 8 nitrogen and oxygen atoms in total. The third-order valence-electron chi connectivity index (χ3n) is 2.85. The van der Waals surface area contributed by atoms with Gasteiger partial charge in [-0.05, 0) is 38.5 Å². The van der Waals surface area contributed by atoms with Gasteiger partial charge in [0.1, 0.15) is 11.6 Å². The van der Waals surface area contributed by atoms with E-state index in [1.807, 2.05) is 0 Å². The molecule has 0 radical (unpaired) electrons. The van der Waals surface area contributed by atoms with Crippen LogP contribution in [0.1, 0.15) is 26.3 Å². The molecule has 0 aliphatic heterocycles. The van der Waals surface area contributed by atoms with Crippen LogP contribution in [0.3, 0.4) is 0 Å². The first kappa shape index (κ1) is 19.4. The molecule has 1 atom stereocenters. The Hall–Kier alpha value is -2.61. The van der Waals surface area contributed by atoms with E-state index in [4.69, 9.17) is 10.5 Å². The average molecular weight is 337 g/mol. The van der Waals surface area contributed by atoms with Crippen LogP contribution in [0, 0.1) is 0 Å². The molecule has 1 aromatic rings. The Morgan fingerprint density at radius 2 is 1.79 bits per heavy atom. The van der Waals surface area contributed by atoms with Crippen molar-refractivity contribution in [1.29, 1.82) is 0 Å². The van der Waals surface area contributed by atoms with Crippen LogP contribution >= 0.6 is 0 Å². The normalized spacial score (nSPS) is 12.2. The van der Waals surface area contributed by atoms with Crippen molar-refractivity contribution in [2.75, 3.05) is 11.9 Å². The number of anilines is 1. The van der Waals surface area contributed by atoms with E-state index in [-0.39, 0.29) is 18.9 Å². The van der Waals surface area contributed by atoms with Crippen LogP contribution < -0.4 is 16.4 Å². The van der Waals surface area contributed by atoms with Crippen molar-refractivity contribution < 1.29 is 24.2 Å². The molecule has 8 heteroatoms. The maximum absolute atomic E-state index is 11.7. The number of rotatable bonds is 6. The van der Waals surface area contributed by atoms with Crippen LogP contribution in [0.2, 0.25) is 0 Å². The summed E-state index contributed by atoms with van der Waals surface area (Å²) in [4.78, 5) is 34.2. The monoisotopic (exact) mass is 337 g/mol. The molecular formula is C16H23N3O5. The van der Waals surface area contributed by atoms with Gasteiger partial charge in [0.05, 0.1) is 6.54 Å². The SMILES string of the molecule is CC(C)(C)OC(=O)N[C@@H](Cc1ccc(NC(=O)CN)cc1)C(=O)O. The molecule has 1 rings (SSSR count). The molecule has 1 aromatic carbocycles. The Bertz CT molecular complexity index is 593. The quantitative estimate of drug-likeness (QED) is 0.615. The topological polar surface area (TPSA) is 131 Å². The highest BCUT2D eigenvalue weighted by Crippen LogP contribution is 2.12. The van der Waals surface area contributed by atoms with E-state index < -0.39 is 23.7 Å². The number of nitrogens with two attached hydrogens (primary N) is 1. The van der Waals surface area contributed by atoms with Gasteiger partial charge in [-0.3, -0.25) is 4.79 Å². The Balaban J connectivity index is 2.70. The van der Waals surface area contributed by atoms with E-state index in [0.717, 1.165) is 0 Å². The molecule has 2 amide bonds. The van der Waals surface area contributed by atoms with Gasteiger partial charge in [0, 0.05) is 12.1 Å². The average Bonchev–Trinajstić information content (AvgIpc) is 2.46. The van der Waals surface area contributed by atoms with Crippen molar-refractivity contribution in [3.8, 4) is 0 Å². The summed E-state index contributed by atoms with van der Waals surface area (Å²) in [5.74, 6) is -1.49. The van der Waals surface area contributed by atoms with E-state index in [1.54, 1.807) is 45.0 Å². The molecular weight excluding hydrogens is 314 g/mol. The maximum atomic E-state index is 11.7. The number of nitrogens with one attached hydrogen (secondary N) is 2. The van der Waals surface area contributed by atoms with E-state index in [0.29, 0.717) is 11.3 Å². The molecule has 0 saturated carbocycles. The molecule has 0 unspecified atom stereocenters. The smallest absolute Gasteiger partial charge is 0.408 e. The van der Waals surface area contributed by atoms with Crippen LogP contribution in [0.25, 0.3) is 0 Å². The first-order chi connectivity index (χ1) is 11.1. The van der Waals surface area contributed by atoms with Gasteiger partial charge in [-0.15, -0.1) is 0 Å². The van der Waals surface area contributed by atoms with Crippen LogP contribution in [0.15, 0.2) is 24.3 Å². The van der Waals surface area contributed by atoms with E-state index >= 15 is 0 Å². The predicted octanol–water partition coefficient (Wildman–Crippen LogP) is 1.10. The van der Waals surface area contributed by atoms with Gasteiger partial charge in [0.2, 0.25) is 5.91 Å². The zero-order chi connectivity index (χ0) is 18.3. The van der Waals surface area contributed by atoms with Crippen molar-refractivity contribution in [3.05, 3.63) is 29.8 Å². The highest BCUT2D eigenvalue weighted by atomic mass is 16.6. The zero-order valence-electron chi connectivity index (χ0n) is 14.0. The summed E-state index contributed by atoms with van der Waals surface area (Å²) >= 11 is 0. The highest BCUT2D eigenvalue weighted by molar-refractivity contribution is 5.92. The highest BCUT2D eigenvalue weighted by Gasteiger charge is 2.24. The predicted molar refractivity (Wildman–Crippen MR) is 88.6 cm³/mol. The van der Waals surface area contributed by atoms with Gasteiger partial charge in [-0.25, -0.2) is 9.59 Å². The summed E-state index contributed by atoms with van der Waals surface area (Å²) in [6, 6.07) is 5.48. The van der Waals surface area contributed by atoms with Gasteiger partial charge in [-0.1, -0.05) is 12.1 Å². The lowest BCUT2D eigenvalue weighted by Crippen LogP contribution is -2.44. The summed E-state index contributed by atoms with van der Waals surface area (Å²) in [7, 11) is 0. The standard InChI is InChI=1S/C16H23N3O5/c1-16(2,3)24-15(23)19-12(14(21)22)8-10-4-6-11(7-5-10)18-13(20)9-17/h4-7,12H,8-9,17H2,1-3H3,(H,18,20)(H,19,23)(H,21,22)/t12-/m0/s1. The molecule has 0 saturated heterocycles. The van der Waals surface area contributed by atoms with Crippen molar-refractivity contribution >= 4 is 23.7 Å². The summed E-state index contributed by atoms with van der Waals surface area (Å²) in [6.45, 7) is 4.95. The second-order valence-corrected chi connectivity index (χ2v) is 6.19. The number of alkyl carbamates (subject to hydrolysis) is 1.